The van der Waals surface area contributed by atoms with Crippen LogP contribution in [0.4, 0.5) is 11.5 Å². The maximum atomic E-state index is 12.1. The van der Waals surface area contributed by atoms with Crippen molar-refractivity contribution in [2.45, 2.75) is 26.3 Å². The maximum absolute atomic E-state index is 12.1. The van der Waals surface area contributed by atoms with Gasteiger partial charge in [0.15, 0.2) is 24.0 Å². The summed E-state index contributed by atoms with van der Waals surface area (Å²) >= 11 is 0. The summed E-state index contributed by atoms with van der Waals surface area (Å²) in [5.74, 6) is 2.42. The van der Waals surface area contributed by atoms with Crippen LogP contribution in [0, 0.1) is 0 Å². The van der Waals surface area contributed by atoms with Crippen molar-refractivity contribution in [3.05, 3.63) is 73.2 Å². The lowest BCUT2D eigenvalue weighted by Gasteiger charge is -2.20. The van der Waals surface area contributed by atoms with Gasteiger partial charge in [-0.25, -0.2) is 9.97 Å². The highest BCUT2D eigenvalue weighted by Gasteiger charge is 2.15. The molecule has 0 bridgehead atoms. The Morgan fingerprint density at radius 2 is 1.82 bits per heavy atom. The van der Waals surface area contributed by atoms with E-state index in [0.29, 0.717) is 28.9 Å². The zero-order chi connectivity index (χ0) is 24.0. The Hall–Kier alpha value is -4.40. The van der Waals surface area contributed by atoms with Gasteiger partial charge >= 0.3 is 0 Å². The Kier molecular flexibility index (Phi) is 6.72. The van der Waals surface area contributed by atoms with Gasteiger partial charge in [0.25, 0.3) is 5.91 Å². The first-order valence-corrected chi connectivity index (χ1v) is 10.8. The summed E-state index contributed by atoms with van der Waals surface area (Å²) in [6.07, 6.45) is 4.97. The van der Waals surface area contributed by atoms with Crippen LogP contribution in [0.25, 0.3) is 11.4 Å². The predicted octanol–water partition coefficient (Wildman–Crippen LogP) is 4.70. The maximum Gasteiger partial charge on any atom is 0.258 e. The third-order valence-electron chi connectivity index (χ3n) is 4.46. The third kappa shape index (κ3) is 6.32. The second kappa shape index (κ2) is 10.0. The van der Waals surface area contributed by atoms with E-state index in [1.54, 1.807) is 30.7 Å². The molecule has 174 valence electrons. The van der Waals surface area contributed by atoms with E-state index in [9.17, 15) is 4.79 Å². The summed E-state index contributed by atoms with van der Waals surface area (Å²) in [6, 6.07) is 16.7. The largest absolute Gasteiger partial charge is 0.484 e. The van der Waals surface area contributed by atoms with Crippen LogP contribution >= 0.6 is 0 Å². The molecule has 0 fully saturated rings. The van der Waals surface area contributed by atoms with E-state index in [1.165, 1.54) is 0 Å². The number of hydrogen-bond acceptors (Lipinski definition) is 7. The molecule has 0 aliphatic heterocycles. The number of nitrogens with one attached hydrogen (secondary N) is 3. The van der Waals surface area contributed by atoms with Crippen molar-refractivity contribution in [3.63, 3.8) is 0 Å². The van der Waals surface area contributed by atoms with Gasteiger partial charge in [-0.3, -0.25) is 9.89 Å². The van der Waals surface area contributed by atoms with E-state index < -0.39 is 0 Å². The first kappa shape index (κ1) is 22.8. The van der Waals surface area contributed by atoms with E-state index in [-0.39, 0.29) is 18.1 Å². The molecule has 9 heteroatoms. The lowest BCUT2D eigenvalue weighted by atomic mass is 10.1. The smallest absolute Gasteiger partial charge is 0.258 e. The topological polar surface area (TPSA) is 114 Å². The number of carbonyl (C=O) groups excluding carboxylic acids is 1. The highest BCUT2D eigenvalue weighted by Crippen LogP contribution is 2.32. The number of nitrogens with zero attached hydrogens (tertiary/aromatic N) is 3. The molecule has 1 amide bonds. The fraction of sp³-hybridized carbons (Fsp3) is 0.200. The van der Waals surface area contributed by atoms with Crippen molar-refractivity contribution < 1.29 is 14.3 Å². The minimum atomic E-state index is -0.321. The van der Waals surface area contributed by atoms with Crippen LogP contribution in [0.1, 0.15) is 20.8 Å². The van der Waals surface area contributed by atoms with Crippen LogP contribution in [0.5, 0.6) is 17.2 Å². The number of rotatable bonds is 8. The van der Waals surface area contributed by atoms with Gasteiger partial charge in [0.2, 0.25) is 0 Å². The van der Waals surface area contributed by atoms with Crippen LogP contribution in [0.3, 0.4) is 0 Å². The Bertz CT molecular complexity index is 1240. The van der Waals surface area contributed by atoms with E-state index in [0.717, 1.165) is 11.3 Å². The van der Waals surface area contributed by atoms with Gasteiger partial charge < -0.3 is 20.1 Å². The molecule has 9 nitrogen and oxygen atoms in total. The molecular weight excluding hydrogens is 432 g/mol. The average Bonchev–Trinajstić information content (AvgIpc) is 3.32. The average molecular weight is 459 g/mol. The normalized spacial score (nSPS) is 11.0. The molecule has 0 aliphatic carbocycles. The minimum Gasteiger partial charge on any atom is -0.484 e. The van der Waals surface area contributed by atoms with E-state index in [1.807, 2.05) is 63.2 Å². The molecule has 0 aliphatic rings. The lowest BCUT2D eigenvalue weighted by molar-refractivity contribution is -0.124. The summed E-state index contributed by atoms with van der Waals surface area (Å²) in [7, 11) is 0. The number of ether oxygens (including phenoxy) is 2. The molecule has 0 saturated heterocycles. The van der Waals surface area contributed by atoms with Gasteiger partial charge in [-0.2, -0.15) is 5.10 Å². The van der Waals surface area contributed by atoms with Crippen molar-refractivity contribution in [2.24, 2.45) is 0 Å². The zero-order valence-electron chi connectivity index (χ0n) is 19.2. The number of H-pyrrole nitrogens is 1. The quantitative estimate of drug-likeness (QED) is 0.351. The Balaban J connectivity index is 1.56. The van der Waals surface area contributed by atoms with Crippen molar-refractivity contribution in [2.75, 3.05) is 11.9 Å². The predicted molar refractivity (Wildman–Crippen MR) is 129 cm³/mol. The lowest BCUT2D eigenvalue weighted by Crippen LogP contribution is -2.43. The summed E-state index contributed by atoms with van der Waals surface area (Å²) in [5, 5.41) is 12.8. The SMILES string of the molecule is CC(C)(C)NC(=O)COc1cccc(-c2ncc(Oc3ccccc3)c(Nc3cn[nH]c3)n2)c1. The number of aromatic nitrogens is 4. The summed E-state index contributed by atoms with van der Waals surface area (Å²) < 4.78 is 11.7. The van der Waals surface area contributed by atoms with Crippen LogP contribution < -0.4 is 20.1 Å². The second-order valence-corrected chi connectivity index (χ2v) is 8.55. The van der Waals surface area contributed by atoms with Gasteiger partial charge in [0.1, 0.15) is 11.5 Å². The summed E-state index contributed by atoms with van der Waals surface area (Å²) in [5.41, 5.74) is 1.14. The summed E-state index contributed by atoms with van der Waals surface area (Å²) in [6.45, 7) is 5.67. The standard InChI is InChI=1S/C25H26N6O3/c1-25(2,3)31-22(32)16-33-20-11-7-8-17(12-20)23-26-15-21(34-19-9-5-4-6-10-19)24(30-23)29-18-13-27-28-14-18/h4-15H,16H2,1-3H3,(H,27,28)(H,31,32)(H,26,29,30). The molecule has 0 saturated carbocycles. The molecule has 0 atom stereocenters. The number of aromatic amines is 1. The fourth-order valence-corrected chi connectivity index (χ4v) is 3.07. The molecule has 0 radical (unpaired) electrons. The number of para-hydroxylation sites is 1. The van der Waals surface area contributed by atoms with Gasteiger partial charge in [-0.05, 0) is 45.0 Å². The number of hydrogen-bond donors (Lipinski definition) is 3. The molecule has 0 unspecified atom stereocenters. The third-order valence-corrected chi connectivity index (χ3v) is 4.46. The first-order valence-electron chi connectivity index (χ1n) is 10.8. The molecule has 2 aromatic carbocycles. The summed E-state index contributed by atoms with van der Waals surface area (Å²) in [4.78, 5) is 21.2. The van der Waals surface area contributed by atoms with Crippen LogP contribution in [0.2, 0.25) is 0 Å². The van der Waals surface area contributed by atoms with Gasteiger partial charge in [-0.1, -0.05) is 30.3 Å². The minimum absolute atomic E-state index is 0.0846. The highest BCUT2D eigenvalue weighted by atomic mass is 16.5. The molecule has 4 rings (SSSR count). The van der Waals surface area contributed by atoms with Crippen molar-refractivity contribution >= 4 is 17.4 Å². The van der Waals surface area contributed by atoms with Crippen molar-refractivity contribution in [3.8, 4) is 28.6 Å². The van der Waals surface area contributed by atoms with Gasteiger partial charge in [0, 0.05) is 17.3 Å². The van der Waals surface area contributed by atoms with Crippen molar-refractivity contribution in [1.82, 2.24) is 25.5 Å². The van der Waals surface area contributed by atoms with Crippen LogP contribution in [-0.2, 0) is 4.79 Å². The van der Waals surface area contributed by atoms with Gasteiger partial charge in [-0.15, -0.1) is 0 Å². The molecule has 4 aromatic rings. The van der Waals surface area contributed by atoms with Crippen LogP contribution in [0.15, 0.2) is 73.2 Å². The Morgan fingerprint density at radius 3 is 2.56 bits per heavy atom. The molecular formula is C25H26N6O3. The monoisotopic (exact) mass is 458 g/mol. The first-order chi connectivity index (χ1) is 16.4. The van der Waals surface area contributed by atoms with E-state index >= 15 is 0 Å². The van der Waals surface area contributed by atoms with Gasteiger partial charge in [0.05, 0.1) is 18.1 Å². The number of carbonyl (C=O) groups is 1. The zero-order valence-corrected chi connectivity index (χ0v) is 19.2. The molecule has 3 N–H and O–H groups in total. The Morgan fingerprint density at radius 1 is 1.03 bits per heavy atom. The van der Waals surface area contributed by atoms with E-state index in [4.69, 9.17) is 9.47 Å². The number of amides is 1. The highest BCUT2D eigenvalue weighted by molar-refractivity contribution is 5.78. The Labute approximate surface area is 197 Å². The molecule has 0 spiro atoms. The molecule has 34 heavy (non-hydrogen) atoms. The van der Waals surface area contributed by atoms with Crippen LogP contribution in [-0.4, -0.2) is 38.2 Å². The number of benzene rings is 2. The van der Waals surface area contributed by atoms with E-state index in [2.05, 4.69) is 30.8 Å². The molecule has 2 heterocycles. The fourth-order valence-electron chi connectivity index (χ4n) is 3.07. The second-order valence-electron chi connectivity index (χ2n) is 8.55. The molecule has 2 aromatic heterocycles. The number of anilines is 2. The van der Waals surface area contributed by atoms with Crippen molar-refractivity contribution in [1.29, 1.82) is 0 Å².